The van der Waals surface area contributed by atoms with Gasteiger partial charge in [-0.25, -0.2) is 0 Å². The van der Waals surface area contributed by atoms with Crippen molar-refractivity contribution >= 4 is 17.2 Å². The van der Waals surface area contributed by atoms with Crippen LogP contribution in [0.1, 0.15) is 23.1 Å². The Hall–Kier alpha value is -2.31. The summed E-state index contributed by atoms with van der Waals surface area (Å²) in [6, 6.07) is 29.2. The van der Waals surface area contributed by atoms with Crippen molar-refractivity contribution in [1.29, 1.82) is 0 Å². The maximum atomic E-state index is 6.03. The van der Waals surface area contributed by atoms with Gasteiger partial charge in [0, 0.05) is 5.02 Å². The molecule has 0 nitrogen and oxygen atoms in total. The van der Waals surface area contributed by atoms with Gasteiger partial charge in [0.1, 0.15) is 0 Å². The van der Waals surface area contributed by atoms with E-state index < -0.39 is 0 Å². The van der Waals surface area contributed by atoms with Gasteiger partial charge in [-0.3, -0.25) is 0 Å². The lowest BCUT2D eigenvalue weighted by Gasteiger charge is -2.09. The molecule has 0 unspecified atom stereocenters. The lowest BCUT2D eigenvalue weighted by atomic mass is 9.96. The molecule has 23 heavy (non-hydrogen) atoms. The fourth-order valence-corrected chi connectivity index (χ4v) is 2.80. The van der Waals surface area contributed by atoms with Gasteiger partial charge in [0.2, 0.25) is 0 Å². The molecule has 0 fully saturated rings. The Morgan fingerprint density at radius 2 is 1.26 bits per heavy atom. The van der Waals surface area contributed by atoms with Crippen LogP contribution in [0.4, 0.5) is 0 Å². The van der Waals surface area contributed by atoms with Gasteiger partial charge in [-0.1, -0.05) is 90.5 Å². The minimum atomic E-state index is 0.769. The van der Waals surface area contributed by atoms with Crippen molar-refractivity contribution in [3.63, 3.8) is 0 Å². The molecule has 0 saturated carbocycles. The first-order valence-corrected chi connectivity index (χ1v) is 8.26. The summed E-state index contributed by atoms with van der Waals surface area (Å²) >= 11 is 6.03. The van der Waals surface area contributed by atoms with Crippen molar-refractivity contribution in [2.75, 3.05) is 0 Å². The largest absolute Gasteiger partial charge is 0.0843 e. The van der Waals surface area contributed by atoms with Crippen LogP contribution in [0.2, 0.25) is 5.02 Å². The summed E-state index contributed by atoms with van der Waals surface area (Å²) in [5.41, 5.74) is 5.07. The molecule has 3 aromatic rings. The average molecular weight is 319 g/mol. The summed E-state index contributed by atoms with van der Waals surface area (Å²) in [6.07, 6.45) is 4.38. The maximum Gasteiger partial charge on any atom is 0.0406 e. The summed E-state index contributed by atoms with van der Waals surface area (Å²) in [5.74, 6) is 0. The van der Waals surface area contributed by atoms with Crippen LogP contribution in [-0.4, -0.2) is 0 Å². The predicted molar refractivity (Wildman–Crippen MR) is 99.7 cm³/mol. The Kier molecular flexibility index (Phi) is 5.29. The molecule has 0 aliphatic rings. The van der Waals surface area contributed by atoms with Crippen LogP contribution >= 0.6 is 11.6 Å². The number of hydrogen-bond donors (Lipinski definition) is 0. The molecular weight excluding hydrogens is 300 g/mol. The first kappa shape index (κ1) is 15.6. The van der Waals surface area contributed by atoms with Gasteiger partial charge in [0.05, 0.1) is 0 Å². The molecule has 0 radical (unpaired) electrons. The Morgan fingerprint density at radius 3 is 1.91 bits per heavy atom. The molecular formula is C22H19Cl. The van der Waals surface area contributed by atoms with Crippen LogP contribution in [0.25, 0.3) is 5.57 Å². The zero-order valence-electron chi connectivity index (χ0n) is 13.0. The third kappa shape index (κ3) is 4.34. The van der Waals surface area contributed by atoms with Crippen LogP contribution in [0, 0.1) is 0 Å². The Bertz CT molecular complexity index is 756. The fourth-order valence-electron chi connectivity index (χ4n) is 2.68. The Morgan fingerprint density at radius 1 is 0.696 bits per heavy atom. The lowest BCUT2D eigenvalue weighted by Crippen LogP contribution is -1.89. The number of hydrogen-bond acceptors (Lipinski definition) is 0. The summed E-state index contributed by atoms with van der Waals surface area (Å²) in [7, 11) is 0. The quantitative estimate of drug-likeness (QED) is 0.510. The Balaban J connectivity index is 1.86. The average Bonchev–Trinajstić information content (AvgIpc) is 2.61. The van der Waals surface area contributed by atoms with Crippen molar-refractivity contribution in [2.24, 2.45) is 0 Å². The number of benzene rings is 3. The SMILES string of the molecule is Clc1ccc(/C(=C\CCc2ccccc2)c2ccccc2)cc1. The van der Waals surface area contributed by atoms with Gasteiger partial charge in [-0.15, -0.1) is 0 Å². The van der Waals surface area contributed by atoms with E-state index in [1.807, 2.05) is 18.2 Å². The summed E-state index contributed by atoms with van der Waals surface area (Å²) in [4.78, 5) is 0. The summed E-state index contributed by atoms with van der Waals surface area (Å²) < 4.78 is 0. The number of halogens is 1. The van der Waals surface area contributed by atoms with E-state index in [-0.39, 0.29) is 0 Å². The molecule has 0 bridgehead atoms. The van der Waals surface area contributed by atoms with Crippen LogP contribution in [0.3, 0.4) is 0 Å². The molecule has 0 heterocycles. The van der Waals surface area contributed by atoms with E-state index in [9.17, 15) is 0 Å². The summed E-state index contributed by atoms with van der Waals surface area (Å²) in [5, 5.41) is 0.769. The molecule has 0 saturated heterocycles. The molecule has 0 aliphatic heterocycles. The number of aryl methyl sites for hydroxylation is 1. The van der Waals surface area contributed by atoms with E-state index >= 15 is 0 Å². The van der Waals surface area contributed by atoms with Crippen LogP contribution < -0.4 is 0 Å². The fraction of sp³-hybridized carbons (Fsp3) is 0.0909. The lowest BCUT2D eigenvalue weighted by molar-refractivity contribution is 1.00. The van der Waals surface area contributed by atoms with Crippen molar-refractivity contribution in [2.45, 2.75) is 12.8 Å². The molecule has 3 aromatic carbocycles. The predicted octanol–water partition coefficient (Wildman–Crippen LogP) is 6.40. The van der Waals surface area contributed by atoms with E-state index in [1.165, 1.54) is 22.3 Å². The molecule has 114 valence electrons. The van der Waals surface area contributed by atoms with Gasteiger partial charge in [0.15, 0.2) is 0 Å². The minimum Gasteiger partial charge on any atom is -0.0843 e. The van der Waals surface area contributed by atoms with Gasteiger partial charge in [-0.05, 0) is 47.2 Å². The van der Waals surface area contributed by atoms with E-state index in [0.717, 1.165) is 17.9 Å². The normalized spacial score (nSPS) is 11.4. The highest BCUT2D eigenvalue weighted by Gasteiger charge is 2.04. The van der Waals surface area contributed by atoms with Gasteiger partial charge in [0.25, 0.3) is 0 Å². The second-order valence-electron chi connectivity index (χ2n) is 5.51. The van der Waals surface area contributed by atoms with Crippen LogP contribution in [0.15, 0.2) is 91.0 Å². The number of rotatable bonds is 5. The van der Waals surface area contributed by atoms with E-state index in [4.69, 9.17) is 11.6 Å². The van der Waals surface area contributed by atoms with Crippen molar-refractivity contribution in [1.82, 2.24) is 0 Å². The van der Waals surface area contributed by atoms with Gasteiger partial charge < -0.3 is 0 Å². The van der Waals surface area contributed by atoms with E-state index in [0.29, 0.717) is 0 Å². The highest BCUT2D eigenvalue weighted by atomic mass is 35.5. The summed E-state index contributed by atoms with van der Waals surface area (Å²) in [6.45, 7) is 0. The van der Waals surface area contributed by atoms with Crippen molar-refractivity contribution in [3.8, 4) is 0 Å². The zero-order chi connectivity index (χ0) is 15.9. The first-order valence-electron chi connectivity index (χ1n) is 7.88. The standard InChI is InChI=1S/C22H19Cl/c23-21-16-14-20(15-17-21)22(19-11-5-2-6-12-19)13-7-10-18-8-3-1-4-9-18/h1-6,8-9,11-17H,7,10H2/b22-13-. The minimum absolute atomic E-state index is 0.769. The maximum absolute atomic E-state index is 6.03. The van der Waals surface area contributed by atoms with Crippen LogP contribution in [0.5, 0.6) is 0 Å². The van der Waals surface area contributed by atoms with E-state index in [1.54, 1.807) is 0 Å². The van der Waals surface area contributed by atoms with Gasteiger partial charge >= 0.3 is 0 Å². The molecule has 0 aliphatic carbocycles. The molecule has 0 atom stereocenters. The molecule has 0 amide bonds. The second kappa shape index (κ2) is 7.80. The second-order valence-corrected chi connectivity index (χ2v) is 5.95. The third-order valence-corrected chi connectivity index (χ3v) is 4.12. The molecule has 3 rings (SSSR count). The molecule has 0 aromatic heterocycles. The topological polar surface area (TPSA) is 0 Å². The Labute approximate surface area is 143 Å². The molecule has 1 heteroatoms. The number of allylic oxidation sites excluding steroid dienone is 1. The van der Waals surface area contributed by atoms with Crippen molar-refractivity contribution in [3.05, 3.63) is 113 Å². The van der Waals surface area contributed by atoms with E-state index in [2.05, 4.69) is 72.8 Å². The highest BCUT2D eigenvalue weighted by Crippen LogP contribution is 2.25. The van der Waals surface area contributed by atoms with Crippen molar-refractivity contribution < 1.29 is 0 Å². The highest BCUT2D eigenvalue weighted by molar-refractivity contribution is 6.30. The molecule has 0 spiro atoms. The molecule has 0 N–H and O–H groups in total. The first-order chi connectivity index (χ1) is 11.3. The monoisotopic (exact) mass is 318 g/mol. The van der Waals surface area contributed by atoms with Gasteiger partial charge in [-0.2, -0.15) is 0 Å². The van der Waals surface area contributed by atoms with Crippen LogP contribution in [-0.2, 0) is 6.42 Å². The smallest absolute Gasteiger partial charge is 0.0406 e. The zero-order valence-corrected chi connectivity index (χ0v) is 13.7. The third-order valence-electron chi connectivity index (χ3n) is 3.86.